The van der Waals surface area contributed by atoms with Gasteiger partial charge < -0.3 is 9.84 Å². The van der Waals surface area contributed by atoms with E-state index in [4.69, 9.17) is 4.74 Å². The SMILES string of the molecule is CCC1CC(CC)C(C(=O)OC2CC3CC2C2C4CCC(C4)C32)C1C(=O)O. The molecule has 0 aromatic rings. The lowest BCUT2D eigenvalue weighted by molar-refractivity contribution is -0.166. The molecule has 5 aliphatic carbocycles. The summed E-state index contributed by atoms with van der Waals surface area (Å²) in [6, 6.07) is 0. The molecule has 4 heteroatoms. The second-order valence-corrected chi connectivity index (χ2v) is 10.3. The molecule has 0 spiro atoms. The predicted octanol–water partition coefficient (Wildman–Crippen LogP) is 4.37. The zero-order valence-electron chi connectivity index (χ0n) is 16.7. The number of hydrogen-bond acceptors (Lipinski definition) is 3. The maximum atomic E-state index is 13.2. The van der Waals surface area contributed by atoms with Gasteiger partial charge in [0.1, 0.15) is 6.10 Å². The lowest BCUT2D eigenvalue weighted by atomic mass is 9.70. The van der Waals surface area contributed by atoms with Crippen LogP contribution in [0, 0.1) is 59.2 Å². The summed E-state index contributed by atoms with van der Waals surface area (Å²) >= 11 is 0. The Morgan fingerprint density at radius 1 is 0.852 bits per heavy atom. The summed E-state index contributed by atoms with van der Waals surface area (Å²) in [4.78, 5) is 25.1. The van der Waals surface area contributed by atoms with Crippen LogP contribution in [0.2, 0.25) is 0 Å². The van der Waals surface area contributed by atoms with Gasteiger partial charge in [-0.2, -0.15) is 0 Å². The van der Waals surface area contributed by atoms with Crippen LogP contribution in [0.5, 0.6) is 0 Å². The van der Waals surface area contributed by atoms with Crippen LogP contribution in [0.3, 0.4) is 0 Å². The van der Waals surface area contributed by atoms with Gasteiger partial charge >= 0.3 is 11.9 Å². The molecule has 0 heterocycles. The van der Waals surface area contributed by atoms with Crippen molar-refractivity contribution in [3.8, 4) is 0 Å². The molecule has 0 aromatic heterocycles. The molecule has 11 atom stereocenters. The summed E-state index contributed by atoms with van der Waals surface area (Å²) in [5, 5.41) is 9.80. The second-order valence-electron chi connectivity index (χ2n) is 10.3. The fraction of sp³-hybridized carbons (Fsp3) is 0.913. The largest absolute Gasteiger partial charge is 0.481 e. The highest BCUT2D eigenvalue weighted by atomic mass is 16.5. The highest BCUT2D eigenvalue weighted by molar-refractivity contribution is 5.82. The number of carbonyl (C=O) groups is 2. The van der Waals surface area contributed by atoms with Crippen LogP contribution in [0.1, 0.15) is 65.2 Å². The van der Waals surface area contributed by atoms with E-state index in [-0.39, 0.29) is 23.9 Å². The maximum Gasteiger partial charge on any atom is 0.310 e. The average molecular weight is 375 g/mol. The van der Waals surface area contributed by atoms with Crippen molar-refractivity contribution in [2.45, 2.75) is 71.3 Å². The predicted molar refractivity (Wildman–Crippen MR) is 101 cm³/mol. The smallest absolute Gasteiger partial charge is 0.310 e. The number of carboxylic acid groups (broad SMARTS) is 1. The summed E-state index contributed by atoms with van der Waals surface area (Å²) in [5.74, 6) is 3.15. The van der Waals surface area contributed by atoms with E-state index in [9.17, 15) is 14.7 Å². The van der Waals surface area contributed by atoms with Crippen molar-refractivity contribution >= 4 is 11.9 Å². The summed E-state index contributed by atoms with van der Waals surface area (Å²) in [6.45, 7) is 4.13. The van der Waals surface area contributed by atoms with E-state index in [1.54, 1.807) is 0 Å². The third-order valence-electron chi connectivity index (χ3n) is 9.55. The Morgan fingerprint density at radius 2 is 1.52 bits per heavy atom. The zero-order valence-corrected chi connectivity index (χ0v) is 16.7. The number of carbonyl (C=O) groups excluding carboxylic acids is 1. The van der Waals surface area contributed by atoms with E-state index in [1.807, 2.05) is 6.92 Å². The Kier molecular flexibility index (Phi) is 4.32. The minimum absolute atomic E-state index is 0.0655. The van der Waals surface area contributed by atoms with Gasteiger partial charge in [-0.3, -0.25) is 9.59 Å². The third kappa shape index (κ3) is 2.54. The molecule has 1 N–H and O–H groups in total. The summed E-state index contributed by atoms with van der Waals surface area (Å²) in [5.41, 5.74) is 0. The van der Waals surface area contributed by atoms with Crippen LogP contribution >= 0.6 is 0 Å². The number of esters is 1. The molecule has 27 heavy (non-hydrogen) atoms. The first-order chi connectivity index (χ1) is 13.0. The van der Waals surface area contributed by atoms with Crippen molar-refractivity contribution in [1.29, 1.82) is 0 Å². The molecule has 11 unspecified atom stereocenters. The van der Waals surface area contributed by atoms with E-state index in [2.05, 4.69) is 6.92 Å². The van der Waals surface area contributed by atoms with Gasteiger partial charge in [-0.25, -0.2) is 0 Å². The van der Waals surface area contributed by atoms with Crippen molar-refractivity contribution in [3.05, 3.63) is 0 Å². The Labute approximate surface area is 162 Å². The van der Waals surface area contributed by atoms with Gasteiger partial charge in [0.15, 0.2) is 0 Å². The molecule has 4 nitrogen and oxygen atoms in total. The topological polar surface area (TPSA) is 63.6 Å². The van der Waals surface area contributed by atoms with Crippen LogP contribution in [-0.4, -0.2) is 23.1 Å². The molecule has 5 aliphatic rings. The molecule has 0 amide bonds. The molecule has 5 saturated carbocycles. The first-order valence-corrected chi connectivity index (χ1v) is 11.5. The van der Waals surface area contributed by atoms with E-state index in [1.165, 1.54) is 25.7 Å². The summed E-state index contributed by atoms with van der Waals surface area (Å²) in [6.07, 6.45) is 9.15. The van der Waals surface area contributed by atoms with E-state index in [0.717, 1.165) is 55.3 Å². The summed E-state index contributed by atoms with van der Waals surface area (Å²) < 4.78 is 6.15. The van der Waals surface area contributed by atoms with Gasteiger partial charge in [-0.15, -0.1) is 0 Å². The first-order valence-electron chi connectivity index (χ1n) is 11.5. The number of ether oxygens (including phenoxy) is 1. The number of aliphatic carboxylic acids is 1. The molecule has 0 aromatic carbocycles. The Bertz CT molecular complexity index is 630. The van der Waals surface area contributed by atoms with Crippen LogP contribution < -0.4 is 0 Å². The summed E-state index contributed by atoms with van der Waals surface area (Å²) in [7, 11) is 0. The van der Waals surface area contributed by atoms with Crippen LogP contribution in [0.4, 0.5) is 0 Å². The second kappa shape index (κ2) is 6.49. The minimum atomic E-state index is -0.805. The van der Waals surface area contributed by atoms with Gasteiger partial charge in [0.25, 0.3) is 0 Å². The van der Waals surface area contributed by atoms with Gasteiger partial charge in [-0.05, 0) is 85.9 Å². The highest BCUT2D eigenvalue weighted by Gasteiger charge is 2.63. The Morgan fingerprint density at radius 3 is 2.19 bits per heavy atom. The number of fused-ring (bicyclic) bond motifs is 9. The fourth-order valence-electron chi connectivity index (χ4n) is 8.67. The fourth-order valence-corrected chi connectivity index (χ4v) is 8.67. The standard InChI is InChI=1S/C23H34O4/c1-3-11-7-12(4-2)21(20(11)22(24)25)23(26)27-17-10-15-9-16(17)19-14-6-5-13(8-14)18(15)19/h11-21H,3-10H2,1-2H3,(H,24,25). The van der Waals surface area contributed by atoms with Crippen LogP contribution in [0.25, 0.3) is 0 Å². The lowest BCUT2D eigenvalue weighted by Gasteiger charge is -2.38. The molecule has 4 bridgehead atoms. The van der Waals surface area contributed by atoms with E-state index >= 15 is 0 Å². The molecule has 150 valence electrons. The van der Waals surface area contributed by atoms with Gasteiger partial charge in [0, 0.05) is 0 Å². The average Bonchev–Trinajstić information content (AvgIpc) is 3.43. The van der Waals surface area contributed by atoms with Crippen LogP contribution in [0.15, 0.2) is 0 Å². The molecular weight excluding hydrogens is 340 g/mol. The molecule has 5 rings (SSSR count). The van der Waals surface area contributed by atoms with Crippen molar-refractivity contribution in [2.75, 3.05) is 0 Å². The maximum absolute atomic E-state index is 13.2. The van der Waals surface area contributed by atoms with Crippen molar-refractivity contribution in [2.24, 2.45) is 59.2 Å². The third-order valence-corrected chi connectivity index (χ3v) is 9.55. The zero-order chi connectivity index (χ0) is 18.9. The molecule has 0 saturated heterocycles. The monoisotopic (exact) mass is 374 g/mol. The van der Waals surface area contributed by atoms with E-state index in [0.29, 0.717) is 5.92 Å². The normalized spacial score (nSPS) is 52.3. The number of hydrogen-bond donors (Lipinski definition) is 1. The van der Waals surface area contributed by atoms with Gasteiger partial charge in [-0.1, -0.05) is 26.7 Å². The van der Waals surface area contributed by atoms with Crippen LogP contribution in [-0.2, 0) is 14.3 Å². The Balaban J connectivity index is 1.31. The quantitative estimate of drug-likeness (QED) is 0.573. The lowest BCUT2D eigenvalue weighted by Crippen LogP contribution is -2.40. The number of carboxylic acids is 1. The molecular formula is C23H34O4. The van der Waals surface area contributed by atoms with Crippen molar-refractivity contribution in [1.82, 2.24) is 0 Å². The molecule has 0 aliphatic heterocycles. The van der Waals surface area contributed by atoms with Gasteiger partial charge in [0.2, 0.25) is 0 Å². The van der Waals surface area contributed by atoms with Crippen molar-refractivity contribution in [3.63, 3.8) is 0 Å². The Hall–Kier alpha value is -1.06. The van der Waals surface area contributed by atoms with E-state index < -0.39 is 17.8 Å². The minimum Gasteiger partial charge on any atom is -0.481 e. The number of rotatable bonds is 5. The van der Waals surface area contributed by atoms with Gasteiger partial charge in [0.05, 0.1) is 11.8 Å². The molecule has 5 fully saturated rings. The van der Waals surface area contributed by atoms with Crippen molar-refractivity contribution < 1.29 is 19.4 Å². The molecule has 0 radical (unpaired) electrons. The first kappa shape index (κ1) is 18.0. The highest BCUT2D eigenvalue weighted by Crippen LogP contribution is 2.67.